The molecule has 0 saturated heterocycles. The molecule has 2 aromatic heterocycles. The largest absolute Gasteiger partial charge is 0.355 e. The van der Waals surface area contributed by atoms with Crippen LogP contribution in [0.3, 0.4) is 0 Å². The number of pyridine rings is 1. The minimum absolute atomic E-state index is 0.516. The van der Waals surface area contributed by atoms with Gasteiger partial charge in [0.25, 0.3) is 0 Å². The summed E-state index contributed by atoms with van der Waals surface area (Å²) in [5.74, 6) is 1.11. The van der Waals surface area contributed by atoms with Gasteiger partial charge in [0.1, 0.15) is 12.1 Å². The minimum atomic E-state index is 0.516. The molecule has 0 aliphatic rings. The molecule has 0 unspecified atom stereocenters. The molecule has 2 aromatic rings. The van der Waals surface area contributed by atoms with Crippen molar-refractivity contribution >= 4 is 11.5 Å². The molecular weight excluding hydrogens is 238 g/mol. The summed E-state index contributed by atoms with van der Waals surface area (Å²) in [6.07, 6.45) is 1.61. The van der Waals surface area contributed by atoms with Crippen molar-refractivity contribution in [1.29, 1.82) is 0 Å². The van der Waals surface area contributed by atoms with Crippen molar-refractivity contribution in [2.24, 2.45) is 0 Å². The lowest BCUT2D eigenvalue weighted by atomic mass is 10.2. The van der Waals surface area contributed by atoms with Gasteiger partial charge >= 0.3 is 0 Å². The van der Waals surface area contributed by atoms with E-state index in [0.29, 0.717) is 6.04 Å². The number of anilines is 1. The average Bonchev–Trinajstić information content (AvgIpc) is 2.81. The quantitative estimate of drug-likeness (QED) is 0.862. The van der Waals surface area contributed by atoms with Crippen molar-refractivity contribution in [2.45, 2.75) is 33.7 Å². The Balaban J connectivity index is 2.22. The maximum atomic E-state index is 4.32. The second-order valence-electron chi connectivity index (χ2n) is 5.11. The van der Waals surface area contributed by atoms with E-state index in [2.05, 4.69) is 60.1 Å². The summed E-state index contributed by atoms with van der Waals surface area (Å²) in [5.41, 5.74) is 2.12. The fourth-order valence-corrected chi connectivity index (χ4v) is 2.18. The highest BCUT2D eigenvalue weighted by atomic mass is 15.4. The highest BCUT2D eigenvalue weighted by Crippen LogP contribution is 2.17. The smallest absolute Gasteiger partial charge is 0.157 e. The number of hydrogen-bond donors (Lipinski definition) is 1. The van der Waals surface area contributed by atoms with Crippen LogP contribution in [0.15, 0.2) is 18.5 Å². The van der Waals surface area contributed by atoms with Gasteiger partial charge in [-0.05, 0) is 31.5 Å². The van der Waals surface area contributed by atoms with Crippen LogP contribution < -0.4 is 10.2 Å². The number of nitrogens with zero attached hydrogens (tertiary/aromatic N) is 4. The van der Waals surface area contributed by atoms with Crippen molar-refractivity contribution in [3.8, 4) is 0 Å². The fraction of sp³-hybridized carbons (Fsp3) is 0.571. The maximum absolute atomic E-state index is 4.32. The maximum Gasteiger partial charge on any atom is 0.157 e. The van der Waals surface area contributed by atoms with E-state index in [-0.39, 0.29) is 0 Å². The van der Waals surface area contributed by atoms with Gasteiger partial charge in [0.05, 0.1) is 0 Å². The number of aromatic nitrogens is 3. The molecule has 0 amide bonds. The normalized spacial score (nSPS) is 11.4. The number of rotatable bonds is 6. The molecule has 0 aliphatic heterocycles. The Kier molecular flexibility index (Phi) is 4.37. The van der Waals surface area contributed by atoms with E-state index in [1.165, 1.54) is 5.56 Å². The van der Waals surface area contributed by atoms with Crippen LogP contribution in [0, 0.1) is 6.92 Å². The van der Waals surface area contributed by atoms with Gasteiger partial charge in [-0.15, -0.1) is 0 Å². The second kappa shape index (κ2) is 6.02. The summed E-state index contributed by atoms with van der Waals surface area (Å²) in [4.78, 5) is 6.60. The van der Waals surface area contributed by atoms with Gasteiger partial charge < -0.3 is 10.2 Å². The molecule has 0 aromatic carbocycles. The molecule has 19 heavy (non-hydrogen) atoms. The molecule has 0 bridgehead atoms. The lowest BCUT2D eigenvalue weighted by Gasteiger charge is -2.24. The van der Waals surface area contributed by atoms with E-state index in [1.54, 1.807) is 6.33 Å². The van der Waals surface area contributed by atoms with Gasteiger partial charge in [0, 0.05) is 25.7 Å². The number of aryl methyl sites for hydroxylation is 1. The second-order valence-corrected chi connectivity index (χ2v) is 5.11. The molecule has 104 valence electrons. The first-order valence-corrected chi connectivity index (χ1v) is 6.90. The number of nitrogens with one attached hydrogen (secondary N) is 1. The monoisotopic (exact) mass is 261 g/mol. The third-order valence-corrected chi connectivity index (χ3v) is 3.14. The molecule has 0 saturated carbocycles. The Morgan fingerprint density at radius 3 is 2.84 bits per heavy atom. The zero-order chi connectivity index (χ0) is 13.8. The third kappa shape index (κ3) is 3.23. The van der Waals surface area contributed by atoms with Crippen LogP contribution in [0.25, 0.3) is 5.65 Å². The minimum Gasteiger partial charge on any atom is -0.355 e. The summed E-state index contributed by atoms with van der Waals surface area (Å²) in [6.45, 7) is 11.5. The summed E-state index contributed by atoms with van der Waals surface area (Å²) >= 11 is 0. The van der Waals surface area contributed by atoms with Gasteiger partial charge in [-0.3, -0.25) is 0 Å². The molecule has 0 fully saturated rings. The number of hydrogen-bond acceptors (Lipinski definition) is 4. The van der Waals surface area contributed by atoms with E-state index < -0.39 is 0 Å². The van der Waals surface area contributed by atoms with Crippen molar-refractivity contribution in [1.82, 2.24) is 19.9 Å². The van der Waals surface area contributed by atoms with E-state index >= 15 is 0 Å². The van der Waals surface area contributed by atoms with Crippen LogP contribution in [0.2, 0.25) is 0 Å². The van der Waals surface area contributed by atoms with Crippen LogP contribution in [0.1, 0.15) is 26.3 Å². The Morgan fingerprint density at radius 1 is 1.37 bits per heavy atom. The Morgan fingerprint density at radius 2 is 2.16 bits per heavy atom. The Bertz CT molecular complexity index is 532. The molecule has 1 N–H and O–H groups in total. The molecule has 5 heteroatoms. The van der Waals surface area contributed by atoms with E-state index in [9.17, 15) is 0 Å². The average molecular weight is 261 g/mol. The summed E-state index contributed by atoms with van der Waals surface area (Å²) in [6, 6.07) is 4.74. The van der Waals surface area contributed by atoms with E-state index in [1.807, 2.05) is 4.52 Å². The van der Waals surface area contributed by atoms with Crippen LogP contribution >= 0.6 is 0 Å². The molecule has 2 heterocycles. The first-order valence-electron chi connectivity index (χ1n) is 6.90. The predicted molar refractivity (Wildman–Crippen MR) is 78.7 cm³/mol. The lowest BCUT2D eigenvalue weighted by Crippen LogP contribution is -2.35. The van der Waals surface area contributed by atoms with Crippen molar-refractivity contribution in [3.63, 3.8) is 0 Å². The van der Waals surface area contributed by atoms with Crippen LogP contribution in [0.5, 0.6) is 0 Å². The summed E-state index contributed by atoms with van der Waals surface area (Å²) in [5, 5.41) is 7.76. The standard InChI is InChI=1S/C14H23N5/c1-5-18(7-6-15-11(2)3)14-9-12(4)8-13-16-10-17-19(13)14/h8-11,15H,5-7H2,1-4H3. The van der Waals surface area contributed by atoms with Crippen molar-refractivity contribution in [2.75, 3.05) is 24.5 Å². The summed E-state index contributed by atoms with van der Waals surface area (Å²) < 4.78 is 1.91. The fourth-order valence-electron chi connectivity index (χ4n) is 2.18. The van der Waals surface area contributed by atoms with Gasteiger partial charge in [-0.25, -0.2) is 4.98 Å². The van der Waals surface area contributed by atoms with Gasteiger partial charge in [0.15, 0.2) is 5.65 Å². The zero-order valence-corrected chi connectivity index (χ0v) is 12.2. The van der Waals surface area contributed by atoms with Gasteiger partial charge in [-0.1, -0.05) is 13.8 Å². The molecule has 0 atom stereocenters. The van der Waals surface area contributed by atoms with Crippen molar-refractivity contribution < 1.29 is 0 Å². The van der Waals surface area contributed by atoms with Gasteiger partial charge in [0.2, 0.25) is 0 Å². The van der Waals surface area contributed by atoms with E-state index in [4.69, 9.17) is 0 Å². The van der Waals surface area contributed by atoms with Gasteiger partial charge in [-0.2, -0.15) is 9.61 Å². The molecule has 0 radical (unpaired) electrons. The first kappa shape index (κ1) is 13.8. The zero-order valence-electron chi connectivity index (χ0n) is 12.2. The van der Waals surface area contributed by atoms with Crippen LogP contribution in [-0.4, -0.2) is 40.3 Å². The lowest BCUT2D eigenvalue weighted by molar-refractivity contribution is 0.580. The van der Waals surface area contributed by atoms with E-state index in [0.717, 1.165) is 31.1 Å². The predicted octanol–water partition coefficient (Wildman–Crippen LogP) is 1.86. The Hall–Kier alpha value is -1.62. The summed E-state index contributed by atoms with van der Waals surface area (Å²) in [7, 11) is 0. The topological polar surface area (TPSA) is 45.5 Å². The molecule has 5 nitrogen and oxygen atoms in total. The van der Waals surface area contributed by atoms with Crippen LogP contribution in [-0.2, 0) is 0 Å². The molecule has 0 spiro atoms. The molecule has 2 rings (SSSR count). The molecule has 0 aliphatic carbocycles. The third-order valence-electron chi connectivity index (χ3n) is 3.14. The first-order chi connectivity index (χ1) is 9.11. The molecular formula is C14H23N5. The number of likely N-dealkylation sites (N-methyl/N-ethyl adjacent to an activating group) is 1. The highest BCUT2D eigenvalue weighted by molar-refractivity contribution is 5.52. The Labute approximate surface area is 114 Å². The van der Waals surface area contributed by atoms with Crippen LogP contribution in [0.4, 0.5) is 5.82 Å². The highest BCUT2D eigenvalue weighted by Gasteiger charge is 2.10. The number of fused-ring (bicyclic) bond motifs is 1. The van der Waals surface area contributed by atoms with Crippen molar-refractivity contribution in [3.05, 3.63) is 24.0 Å². The SMILES string of the molecule is CCN(CCNC(C)C)c1cc(C)cc2ncnn12.